The van der Waals surface area contributed by atoms with Gasteiger partial charge in [0.25, 0.3) is 5.91 Å². The van der Waals surface area contributed by atoms with Gasteiger partial charge in [0.2, 0.25) is 0 Å². The number of carbonyl (C=O) groups is 1. The number of fused-ring (bicyclic) bond motifs is 1. The normalized spacial score (nSPS) is 16.5. The molecule has 4 rings (SSSR count). The number of nitrogens with zero attached hydrogens (tertiary/aromatic N) is 2. The van der Waals surface area contributed by atoms with Crippen LogP contribution in [0.25, 0.3) is 10.9 Å². The van der Waals surface area contributed by atoms with E-state index in [9.17, 15) is 4.79 Å². The molecule has 1 atom stereocenters. The number of benzene rings is 2. The fraction of sp³-hybridized carbons (Fsp3) is 0.273. The number of methoxy groups -OCH3 is 2. The summed E-state index contributed by atoms with van der Waals surface area (Å²) in [6, 6.07) is 17.4. The second-order valence-corrected chi connectivity index (χ2v) is 6.69. The highest BCUT2D eigenvalue weighted by molar-refractivity contribution is 5.95. The summed E-state index contributed by atoms with van der Waals surface area (Å²) in [5.74, 6) is 1.56. The summed E-state index contributed by atoms with van der Waals surface area (Å²) in [7, 11) is 3.29. The van der Waals surface area contributed by atoms with Gasteiger partial charge in [-0.05, 0) is 54.8 Å². The Kier molecular flexibility index (Phi) is 4.67. The fourth-order valence-corrected chi connectivity index (χ4v) is 3.70. The Labute approximate surface area is 158 Å². The van der Waals surface area contributed by atoms with Crippen LogP contribution in [0.3, 0.4) is 0 Å². The minimum Gasteiger partial charge on any atom is -0.497 e. The van der Waals surface area contributed by atoms with Gasteiger partial charge in [-0.15, -0.1) is 0 Å². The first-order valence-corrected chi connectivity index (χ1v) is 9.09. The zero-order valence-corrected chi connectivity index (χ0v) is 15.5. The van der Waals surface area contributed by atoms with Gasteiger partial charge in [0.15, 0.2) is 0 Å². The van der Waals surface area contributed by atoms with E-state index in [2.05, 4.69) is 11.1 Å². The lowest BCUT2D eigenvalue weighted by molar-refractivity contribution is 0.0730. The molecule has 27 heavy (non-hydrogen) atoms. The molecule has 0 aliphatic carbocycles. The Morgan fingerprint density at radius 1 is 1.04 bits per heavy atom. The van der Waals surface area contributed by atoms with Crippen molar-refractivity contribution in [2.45, 2.75) is 18.9 Å². The minimum atomic E-state index is -0.0296. The quantitative estimate of drug-likeness (QED) is 0.697. The monoisotopic (exact) mass is 362 g/mol. The third kappa shape index (κ3) is 3.33. The number of rotatable bonds is 4. The van der Waals surface area contributed by atoms with Crippen LogP contribution in [-0.2, 0) is 0 Å². The van der Waals surface area contributed by atoms with E-state index in [1.54, 1.807) is 20.3 Å². The van der Waals surface area contributed by atoms with Gasteiger partial charge < -0.3 is 14.4 Å². The molecular formula is C22H22N2O3. The second kappa shape index (κ2) is 7.27. The predicted molar refractivity (Wildman–Crippen MR) is 104 cm³/mol. The van der Waals surface area contributed by atoms with E-state index in [0.29, 0.717) is 5.69 Å². The van der Waals surface area contributed by atoms with Gasteiger partial charge in [-0.1, -0.05) is 18.2 Å². The minimum absolute atomic E-state index is 0.0296. The first-order chi connectivity index (χ1) is 13.2. The lowest BCUT2D eigenvalue weighted by atomic mass is 10.0. The van der Waals surface area contributed by atoms with E-state index in [-0.39, 0.29) is 11.9 Å². The first kappa shape index (κ1) is 17.3. The topological polar surface area (TPSA) is 51.7 Å². The number of aromatic nitrogens is 1. The third-order valence-corrected chi connectivity index (χ3v) is 5.11. The Morgan fingerprint density at radius 2 is 1.85 bits per heavy atom. The molecule has 5 nitrogen and oxygen atoms in total. The van der Waals surface area contributed by atoms with Crippen LogP contribution in [0.1, 0.15) is 34.9 Å². The van der Waals surface area contributed by atoms with E-state index in [1.165, 1.54) is 0 Å². The summed E-state index contributed by atoms with van der Waals surface area (Å²) in [5, 5.41) is 0.955. The van der Waals surface area contributed by atoms with Crippen molar-refractivity contribution in [2.75, 3.05) is 20.8 Å². The van der Waals surface area contributed by atoms with Gasteiger partial charge in [0.1, 0.15) is 17.2 Å². The van der Waals surface area contributed by atoms with Crippen molar-refractivity contribution in [2.24, 2.45) is 0 Å². The van der Waals surface area contributed by atoms with Crippen LogP contribution in [0.5, 0.6) is 11.5 Å². The van der Waals surface area contributed by atoms with Crippen LogP contribution in [0.15, 0.2) is 54.6 Å². The van der Waals surface area contributed by atoms with Gasteiger partial charge >= 0.3 is 0 Å². The second-order valence-electron chi connectivity index (χ2n) is 6.69. The number of carbonyl (C=O) groups excluding carboxylic acids is 1. The van der Waals surface area contributed by atoms with Crippen molar-refractivity contribution in [3.8, 4) is 11.5 Å². The van der Waals surface area contributed by atoms with Gasteiger partial charge in [-0.3, -0.25) is 4.79 Å². The zero-order valence-electron chi connectivity index (χ0n) is 15.5. The summed E-state index contributed by atoms with van der Waals surface area (Å²) >= 11 is 0. The van der Waals surface area contributed by atoms with Crippen LogP contribution in [0.4, 0.5) is 0 Å². The lowest BCUT2D eigenvalue weighted by Crippen LogP contribution is -2.31. The average molecular weight is 362 g/mol. The Balaban J connectivity index is 1.63. The zero-order chi connectivity index (χ0) is 18.8. The maximum atomic E-state index is 13.2. The molecule has 0 radical (unpaired) electrons. The highest BCUT2D eigenvalue weighted by Gasteiger charge is 2.31. The molecule has 5 heteroatoms. The average Bonchev–Trinajstić information content (AvgIpc) is 3.22. The highest BCUT2D eigenvalue weighted by Crippen LogP contribution is 2.34. The molecular weight excluding hydrogens is 340 g/mol. The summed E-state index contributed by atoms with van der Waals surface area (Å²) in [6.45, 7) is 0.739. The molecule has 138 valence electrons. The van der Waals surface area contributed by atoms with Crippen molar-refractivity contribution >= 4 is 16.8 Å². The highest BCUT2D eigenvalue weighted by atomic mass is 16.5. The summed E-state index contributed by atoms with van der Waals surface area (Å²) in [5.41, 5.74) is 2.37. The van der Waals surface area contributed by atoms with E-state index in [0.717, 1.165) is 47.4 Å². The molecule has 3 aromatic rings. The van der Waals surface area contributed by atoms with E-state index in [1.807, 2.05) is 47.4 Å². The number of ether oxygens (including phenoxy) is 2. The van der Waals surface area contributed by atoms with Crippen molar-refractivity contribution in [3.63, 3.8) is 0 Å². The molecule has 0 bridgehead atoms. The fourth-order valence-electron chi connectivity index (χ4n) is 3.70. The third-order valence-electron chi connectivity index (χ3n) is 5.11. The maximum absolute atomic E-state index is 13.2. The number of pyridine rings is 1. The van der Waals surface area contributed by atoms with E-state index in [4.69, 9.17) is 9.47 Å². The van der Waals surface area contributed by atoms with E-state index < -0.39 is 0 Å². The maximum Gasteiger partial charge on any atom is 0.272 e. The van der Waals surface area contributed by atoms with Crippen LogP contribution in [0.2, 0.25) is 0 Å². The van der Waals surface area contributed by atoms with Gasteiger partial charge in [-0.2, -0.15) is 0 Å². The van der Waals surface area contributed by atoms with Crippen LogP contribution in [0, 0.1) is 0 Å². The van der Waals surface area contributed by atoms with Crippen molar-refractivity contribution < 1.29 is 14.3 Å². The van der Waals surface area contributed by atoms with Gasteiger partial charge in [0, 0.05) is 11.9 Å². The van der Waals surface area contributed by atoms with E-state index >= 15 is 0 Å². The Morgan fingerprint density at radius 3 is 2.67 bits per heavy atom. The smallest absolute Gasteiger partial charge is 0.272 e. The number of likely N-dealkylation sites (tertiary alicyclic amines) is 1. The molecule has 0 N–H and O–H groups in total. The Bertz CT molecular complexity index is 986. The number of hydrogen-bond donors (Lipinski definition) is 0. The largest absolute Gasteiger partial charge is 0.497 e. The first-order valence-electron chi connectivity index (χ1n) is 9.09. The molecule has 0 saturated carbocycles. The molecule has 1 saturated heterocycles. The molecule has 1 amide bonds. The van der Waals surface area contributed by atoms with Crippen LogP contribution in [-0.4, -0.2) is 36.6 Å². The predicted octanol–water partition coefficient (Wildman–Crippen LogP) is 4.23. The number of hydrogen-bond acceptors (Lipinski definition) is 4. The molecule has 1 fully saturated rings. The summed E-state index contributed by atoms with van der Waals surface area (Å²) in [4.78, 5) is 19.7. The molecule has 1 aromatic heterocycles. The molecule has 0 unspecified atom stereocenters. The lowest BCUT2D eigenvalue weighted by Gasteiger charge is -2.25. The molecule has 2 heterocycles. The van der Waals surface area contributed by atoms with Crippen molar-refractivity contribution in [3.05, 3.63) is 65.9 Å². The summed E-state index contributed by atoms with van der Waals surface area (Å²) < 4.78 is 10.6. The summed E-state index contributed by atoms with van der Waals surface area (Å²) in [6.07, 6.45) is 1.93. The molecule has 0 spiro atoms. The molecule has 2 aromatic carbocycles. The molecule has 1 aliphatic rings. The van der Waals surface area contributed by atoms with Crippen molar-refractivity contribution in [1.82, 2.24) is 9.88 Å². The van der Waals surface area contributed by atoms with Crippen molar-refractivity contribution in [1.29, 1.82) is 0 Å². The molecule has 1 aliphatic heterocycles. The van der Waals surface area contributed by atoms with Gasteiger partial charge in [0.05, 0.1) is 25.8 Å². The number of amides is 1. The Hall–Kier alpha value is -3.08. The standard InChI is InChI=1S/C22H22N2O3/c1-26-17-6-3-5-16(14-17)21-7-4-12-24(21)22(25)20-10-8-15-13-18(27-2)9-11-19(15)23-20/h3,5-6,8-11,13-14,21H,4,7,12H2,1-2H3/t21-/m1/s1. The van der Waals surface area contributed by atoms with Crippen LogP contribution < -0.4 is 9.47 Å². The van der Waals surface area contributed by atoms with Gasteiger partial charge in [-0.25, -0.2) is 4.98 Å². The van der Waals surface area contributed by atoms with Crippen LogP contribution >= 0.6 is 0 Å². The SMILES string of the molecule is COc1cccc([C@H]2CCCN2C(=O)c2ccc3cc(OC)ccc3n2)c1.